The summed E-state index contributed by atoms with van der Waals surface area (Å²) in [7, 11) is 1.88. The molecule has 17 heavy (non-hydrogen) atoms. The maximum Gasteiger partial charge on any atom is 0.317 e. The highest BCUT2D eigenvalue weighted by molar-refractivity contribution is 5.74. The van der Waals surface area contributed by atoms with Gasteiger partial charge in [0, 0.05) is 19.1 Å². The van der Waals surface area contributed by atoms with E-state index in [1.54, 1.807) is 4.90 Å². The van der Waals surface area contributed by atoms with Gasteiger partial charge in [-0.15, -0.1) is 0 Å². The summed E-state index contributed by atoms with van der Waals surface area (Å²) in [6.45, 7) is 2.82. The number of amides is 2. The molecule has 2 amide bonds. The van der Waals surface area contributed by atoms with Gasteiger partial charge in [-0.2, -0.15) is 0 Å². The van der Waals surface area contributed by atoms with Gasteiger partial charge in [0.05, 0.1) is 0 Å². The highest BCUT2D eigenvalue weighted by Crippen LogP contribution is 2.55. The summed E-state index contributed by atoms with van der Waals surface area (Å²) >= 11 is 0. The zero-order valence-electron chi connectivity index (χ0n) is 11.0. The molecular formula is C14H24N2O. The molecule has 0 aromatic heterocycles. The average Bonchev–Trinajstić information content (AvgIpc) is 2.25. The molecule has 0 unspecified atom stereocenters. The van der Waals surface area contributed by atoms with Crippen LogP contribution in [0.15, 0.2) is 0 Å². The normalized spacial score (nSPS) is 42.6. The van der Waals surface area contributed by atoms with Crippen LogP contribution in [-0.4, -0.2) is 30.1 Å². The van der Waals surface area contributed by atoms with Gasteiger partial charge in [-0.25, -0.2) is 4.79 Å². The Balaban J connectivity index is 1.72. The highest BCUT2D eigenvalue weighted by Gasteiger charge is 2.51. The summed E-state index contributed by atoms with van der Waals surface area (Å²) in [5.41, 5.74) is 0.162. The second-order valence-electron chi connectivity index (χ2n) is 6.64. The fourth-order valence-corrected chi connectivity index (χ4v) is 4.73. The molecule has 96 valence electrons. The van der Waals surface area contributed by atoms with Crippen molar-refractivity contribution in [2.45, 2.75) is 51.0 Å². The Morgan fingerprint density at radius 2 is 1.65 bits per heavy atom. The molecule has 4 saturated carbocycles. The number of hydrogen-bond donors (Lipinski definition) is 1. The van der Waals surface area contributed by atoms with Gasteiger partial charge in [-0.1, -0.05) is 0 Å². The first-order valence-corrected chi connectivity index (χ1v) is 7.13. The van der Waals surface area contributed by atoms with E-state index >= 15 is 0 Å². The molecule has 0 spiro atoms. The second-order valence-corrected chi connectivity index (χ2v) is 6.64. The van der Waals surface area contributed by atoms with E-state index in [1.165, 1.54) is 38.5 Å². The average molecular weight is 236 g/mol. The standard InChI is InChI=1S/C14H24N2O/c1-3-16(2)13(17)15-14-7-10-4-11(8-14)6-12(5-10)9-14/h10-12H,3-9H2,1-2H3,(H,15,17). The van der Waals surface area contributed by atoms with Crippen molar-refractivity contribution in [1.82, 2.24) is 10.2 Å². The number of nitrogens with zero attached hydrogens (tertiary/aromatic N) is 1. The Bertz CT molecular complexity index is 291. The lowest BCUT2D eigenvalue weighted by Gasteiger charge is -2.57. The SMILES string of the molecule is CCN(C)C(=O)NC12CC3CC(CC(C3)C1)C2. The highest BCUT2D eigenvalue weighted by atomic mass is 16.2. The number of urea groups is 1. The molecule has 3 nitrogen and oxygen atoms in total. The van der Waals surface area contributed by atoms with E-state index in [2.05, 4.69) is 5.32 Å². The molecule has 4 fully saturated rings. The van der Waals surface area contributed by atoms with E-state index in [1.807, 2.05) is 14.0 Å². The summed E-state index contributed by atoms with van der Waals surface area (Å²) in [4.78, 5) is 13.9. The molecule has 4 rings (SSSR count). The minimum Gasteiger partial charge on any atom is -0.333 e. The van der Waals surface area contributed by atoms with Crippen molar-refractivity contribution < 1.29 is 4.79 Å². The van der Waals surface area contributed by atoms with E-state index in [0.717, 1.165) is 24.3 Å². The Hall–Kier alpha value is -0.730. The first-order chi connectivity index (χ1) is 8.10. The van der Waals surface area contributed by atoms with Crippen LogP contribution in [0, 0.1) is 17.8 Å². The van der Waals surface area contributed by atoms with Gasteiger partial charge in [0.15, 0.2) is 0 Å². The quantitative estimate of drug-likeness (QED) is 0.785. The molecule has 0 saturated heterocycles. The summed E-state index contributed by atoms with van der Waals surface area (Å²) in [6.07, 6.45) is 8.00. The molecule has 4 aliphatic rings. The zero-order valence-corrected chi connectivity index (χ0v) is 11.0. The van der Waals surface area contributed by atoms with Crippen LogP contribution in [-0.2, 0) is 0 Å². The van der Waals surface area contributed by atoms with Crippen molar-refractivity contribution in [3.05, 3.63) is 0 Å². The first kappa shape index (κ1) is 11.4. The van der Waals surface area contributed by atoms with Crippen molar-refractivity contribution in [3.63, 3.8) is 0 Å². The number of carbonyl (C=O) groups excluding carboxylic acids is 1. The zero-order chi connectivity index (χ0) is 12.0. The van der Waals surface area contributed by atoms with Gasteiger partial charge in [0.25, 0.3) is 0 Å². The van der Waals surface area contributed by atoms with Crippen LogP contribution in [0.4, 0.5) is 4.79 Å². The van der Waals surface area contributed by atoms with E-state index in [4.69, 9.17) is 0 Å². The molecular weight excluding hydrogens is 212 g/mol. The third kappa shape index (κ3) is 1.94. The fourth-order valence-electron chi connectivity index (χ4n) is 4.73. The smallest absolute Gasteiger partial charge is 0.317 e. The Morgan fingerprint density at radius 1 is 1.18 bits per heavy atom. The van der Waals surface area contributed by atoms with Crippen LogP contribution < -0.4 is 5.32 Å². The molecule has 0 aromatic carbocycles. The van der Waals surface area contributed by atoms with Crippen LogP contribution in [0.3, 0.4) is 0 Å². The lowest BCUT2D eigenvalue weighted by atomic mass is 9.53. The van der Waals surface area contributed by atoms with Crippen molar-refractivity contribution in [1.29, 1.82) is 0 Å². The van der Waals surface area contributed by atoms with Gasteiger partial charge in [0.2, 0.25) is 0 Å². The summed E-state index contributed by atoms with van der Waals surface area (Å²) in [5.74, 6) is 2.69. The molecule has 3 heteroatoms. The molecule has 0 aromatic rings. The first-order valence-electron chi connectivity index (χ1n) is 7.13. The van der Waals surface area contributed by atoms with E-state index in [9.17, 15) is 4.79 Å². The summed E-state index contributed by atoms with van der Waals surface area (Å²) < 4.78 is 0. The Labute approximate surface area is 104 Å². The molecule has 0 atom stereocenters. The van der Waals surface area contributed by atoms with E-state index in [-0.39, 0.29) is 11.6 Å². The Kier molecular flexibility index (Phi) is 2.60. The molecule has 0 heterocycles. The van der Waals surface area contributed by atoms with Crippen molar-refractivity contribution in [3.8, 4) is 0 Å². The maximum absolute atomic E-state index is 12.1. The second kappa shape index (κ2) is 3.89. The lowest BCUT2D eigenvalue weighted by molar-refractivity contribution is -0.0152. The van der Waals surface area contributed by atoms with Crippen LogP contribution in [0.25, 0.3) is 0 Å². The number of hydrogen-bond acceptors (Lipinski definition) is 1. The topological polar surface area (TPSA) is 32.3 Å². The van der Waals surface area contributed by atoms with Crippen LogP contribution in [0.1, 0.15) is 45.4 Å². The number of nitrogens with one attached hydrogen (secondary N) is 1. The van der Waals surface area contributed by atoms with Gasteiger partial charge >= 0.3 is 6.03 Å². The van der Waals surface area contributed by atoms with Crippen molar-refractivity contribution >= 4 is 6.03 Å². The van der Waals surface area contributed by atoms with Gasteiger partial charge in [-0.05, 0) is 63.2 Å². The van der Waals surface area contributed by atoms with Gasteiger partial charge in [0.1, 0.15) is 0 Å². The van der Waals surface area contributed by atoms with Gasteiger partial charge < -0.3 is 10.2 Å². The number of rotatable bonds is 2. The molecule has 0 aliphatic heterocycles. The van der Waals surface area contributed by atoms with Crippen molar-refractivity contribution in [2.24, 2.45) is 17.8 Å². The number of carbonyl (C=O) groups is 1. The minimum atomic E-state index is 0.134. The molecule has 1 N–H and O–H groups in total. The van der Waals surface area contributed by atoms with Gasteiger partial charge in [-0.3, -0.25) is 0 Å². The predicted molar refractivity (Wildman–Crippen MR) is 67.7 cm³/mol. The van der Waals surface area contributed by atoms with Crippen LogP contribution in [0.2, 0.25) is 0 Å². The predicted octanol–water partition coefficient (Wildman–Crippen LogP) is 2.62. The molecule has 0 radical (unpaired) electrons. The minimum absolute atomic E-state index is 0.134. The van der Waals surface area contributed by atoms with Crippen molar-refractivity contribution in [2.75, 3.05) is 13.6 Å². The van der Waals surface area contributed by atoms with Crippen LogP contribution in [0.5, 0.6) is 0 Å². The summed E-state index contributed by atoms with van der Waals surface area (Å²) in [6, 6.07) is 0.134. The lowest BCUT2D eigenvalue weighted by Crippen LogP contribution is -2.61. The largest absolute Gasteiger partial charge is 0.333 e. The van der Waals surface area contributed by atoms with E-state index < -0.39 is 0 Å². The molecule has 4 bridgehead atoms. The third-order valence-corrected chi connectivity index (χ3v) is 5.23. The fraction of sp³-hybridized carbons (Fsp3) is 0.929. The molecule has 4 aliphatic carbocycles. The maximum atomic E-state index is 12.1. The third-order valence-electron chi connectivity index (χ3n) is 5.23. The monoisotopic (exact) mass is 236 g/mol. The van der Waals surface area contributed by atoms with E-state index in [0.29, 0.717) is 0 Å². The summed E-state index contributed by atoms with van der Waals surface area (Å²) in [5, 5.41) is 3.36. The Morgan fingerprint density at radius 3 is 2.06 bits per heavy atom. The van der Waals surface area contributed by atoms with Crippen LogP contribution >= 0.6 is 0 Å².